The average Bonchev–Trinajstić information content (AvgIpc) is 2.22. The number of rotatable bonds is 7. The molecule has 0 aromatic heterocycles. The fourth-order valence-electron chi connectivity index (χ4n) is 1.31. The van der Waals surface area contributed by atoms with Crippen molar-refractivity contribution >= 4 is 11.9 Å². The van der Waals surface area contributed by atoms with Crippen LogP contribution in [0.2, 0.25) is 0 Å². The number of methoxy groups -OCH3 is 1. The Morgan fingerprint density at radius 2 is 1.87 bits per heavy atom. The molecule has 88 valence electrons. The van der Waals surface area contributed by atoms with Crippen LogP contribution in [0.4, 0.5) is 0 Å². The van der Waals surface area contributed by atoms with E-state index >= 15 is 0 Å². The maximum atomic E-state index is 11.4. The van der Waals surface area contributed by atoms with E-state index in [1.54, 1.807) is 13.8 Å². The van der Waals surface area contributed by atoms with E-state index in [0.29, 0.717) is 19.4 Å². The molecule has 5 nitrogen and oxygen atoms in total. The third-order valence-corrected chi connectivity index (χ3v) is 2.53. The lowest BCUT2D eigenvalue weighted by molar-refractivity contribution is -0.148. The van der Waals surface area contributed by atoms with Crippen LogP contribution in [0.25, 0.3) is 0 Å². The van der Waals surface area contributed by atoms with Gasteiger partial charge in [-0.15, -0.1) is 0 Å². The molecule has 0 saturated heterocycles. The van der Waals surface area contributed by atoms with Crippen molar-refractivity contribution in [1.82, 2.24) is 5.32 Å². The van der Waals surface area contributed by atoms with Gasteiger partial charge < -0.3 is 15.2 Å². The quantitative estimate of drug-likeness (QED) is 0.661. The first kappa shape index (κ1) is 13.9. The molecule has 0 radical (unpaired) electrons. The van der Waals surface area contributed by atoms with Gasteiger partial charge in [0.25, 0.3) is 0 Å². The molecule has 0 aromatic carbocycles. The van der Waals surface area contributed by atoms with Crippen molar-refractivity contribution in [1.29, 1.82) is 0 Å². The summed E-state index contributed by atoms with van der Waals surface area (Å²) in [6.45, 7) is 3.79. The van der Waals surface area contributed by atoms with Crippen LogP contribution < -0.4 is 5.32 Å². The summed E-state index contributed by atoms with van der Waals surface area (Å²) in [5.41, 5.74) is -1.13. The van der Waals surface area contributed by atoms with Crippen molar-refractivity contribution in [3.05, 3.63) is 0 Å². The van der Waals surface area contributed by atoms with Crippen molar-refractivity contribution in [2.75, 3.05) is 13.7 Å². The van der Waals surface area contributed by atoms with Crippen molar-refractivity contribution in [3.63, 3.8) is 0 Å². The molecule has 0 rings (SSSR count). The highest BCUT2D eigenvalue weighted by atomic mass is 16.5. The summed E-state index contributed by atoms with van der Waals surface area (Å²) in [6.07, 6.45) is 0.931. The molecule has 0 aliphatic carbocycles. The first-order valence-corrected chi connectivity index (χ1v) is 5.05. The molecule has 15 heavy (non-hydrogen) atoms. The summed E-state index contributed by atoms with van der Waals surface area (Å²) >= 11 is 0. The lowest BCUT2D eigenvalue weighted by Gasteiger charge is -2.27. The van der Waals surface area contributed by atoms with Crippen LogP contribution >= 0.6 is 0 Å². The van der Waals surface area contributed by atoms with Gasteiger partial charge in [-0.3, -0.25) is 4.79 Å². The van der Waals surface area contributed by atoms with E-state index in [4.69, 9.17) is 9.84 Å². The predicted octanol–water partition coefficient (Wildman–Crippen LogP) is 0.782. The van der Waals surface area contributed by atoms with Crippen molar-refractivity contribution in [2.24, 2.45) is 0 Å². The molecular formula is C10H19NO4. The van der Waals surface area contributed by atoms with Gasteiger partial charge >= 0.3 is 5.97 Å². The molecule has 0 aromatic rings. The number of carbonyl (C=O) groups excluding carboxylic acids is 1. The van der Waals surface area contributed by atoms with Crippen LogP contribution in [-0.2, 0) is 14.3 Å². The second kappa shape index (κ2) is 6.40. The molecule has 0 fully saturated rings. The summed E-state index contributed by atoms with van der Waals surface area (Å²) in [4.78, 5) is 22.4. The third kappa shape index (κ3) is 3.87. The van der Waals surface area contributed by atoms with Crippen molar-refractivity contribution in [3.8, 4) is 0 Å². The van der Waals surface area contributed by atoms with E-state index in [1.807, 2.05) is 0 Å². The molecule has 0 aliphatic rings. The molecule has 5 heteroatoms. The second-order valence-electron chi connectivity index (χ2n) is 3.39. The third-order valence-electron chi connectivity index (χ3n) is 2.53. The van der Waals surface area contributed by atoms with Gasteiger partial charge in [-0.2, -0.15) is 0 Å². The topological polar surface area (TPSA) is 75.6 Å². The lowest BCUT2D eigenvalue weighted by atomic mass is 9.93. The van der Waals surface area contributed by atoms with E-state index in [9.17, 15) is 9.59 Å². The molecule has 0 aliphatic heterocycles. The molecule has 0 bridgehead atoms. The standard InChI is InChI=1S/C10H19NO4/c1-4-10(5-2,9(13)14)11-8(12)6-7-15-3/h4-7H2,1-3H3,(H,11,12)(H,13,14). The van der Waals surface area contributed by atoms with Crippen molar-refractivity contribution < 1.29 is 19.4 Å². The van der Waals surface area contributed by atoms with Crippen molar-refractivity contribution in [2.45, 2.75) is 38.6 Å². The van der Waals surface area contributed by atoms with Gasteiger partial charge in [-0.05, 0) is 12.8 Å². The summed E-state index contributed by atoms with van der Waals surface area (Å²) in [5, 5.41) is 11.6. The molecule has 0 unspecified atom stereocenters. The summed E-state index contributed by atoms with van der Waals surface area (Å²) in [5.74, 6) is -1.28. The van der Waals surface area contributed by atoms with E-state index in [2.05, 4.69) is 5.32 Å². The number of hydrogen-bond acceptors (Lipinski definition) is 3. The number of aliphatic carboxylic acids is 1. The van der Waals surface area contributed by atoms with Crippen LogP contribution in [-0.4, -0.2) is 36.2 Å². The molecule has 0 atom stereocenters. The molecular weight excluding hydrogens is 198 g/mol. The first-order valence-electron chi connectivity index (χ1n) is 5.05. The van der Waals surface area contributed by atoms with E-state index in [0.717, 1.165) is 0 Å². The Morgan fingerprint density at radius 3 is 2.20 bits per heavy atom. The second-order valence-corrected chi connectivity index (χ2v) is 3.39. The van der Waals surface area contributed by atoms with Gasteiger partial charge in [0, 0.05) is 13.5 Å². The molecule has 2 N–H and O–H groups in total. The van der Waals surface area contributed by atoms with Gasteiger partial charge in [0.15, 0.2) is 0 Å². The van der Waals surface area contributed by atoms with Gasteiger partial charge in [0.1, 0.15) is 5.54 Å². The zero-order valence-electron chi connectivity index (χ0n) is 9.50. The lowest BCUT2D eigenvalue weighted by Crippen LogP contribution is -2.53. The summed E-state index contributed by atoms with van der Waals surface area (Å²) < 4.78 is 4.75. The molecule has 0 saturated carbocycles. The fraction of sp³-hybridized carbons (Fsp3) is 0.800. The Labute approximate surface area is 89.8 Å². The van der Waals surface area contributed by atoms with Crippen LogP contribution in [0.5, 0.6) is 0 Å². The monoisotopic (exact) mass is 217 g/mol. The zero-order valence-corrected chi connectivity index (χ0v) is 9.50. The normalized spacial score (nSPS) is 11.1. The Kier molecular flexibility index (Phi) is 5.93. The highest BCUT2D eigenvalue weighted by molar-refractivity contribution is 5.86. The smallest absolute Gasteiger partial charge is 0.329 e. The fourth-order valence-corrected chi connectivity index (χ4v) is 1.31. The minimum absolute atomic E-state index is 0.186. The Balaban J connectivity index is 4.40. The number of nitrogens with one attached hydrogen (secondary N) is 1. The Morgan fingerprint density at radius 1 is 1.33 bits per heavy atom. The number of carboxylic acids is 1. The maximum Gasteiger partial charge on any atom is 0.329 e. The Bertz CT molecular complexity index is 223. The highest BCUT2D eigenvalue weighted by Gasteiger charge is 2.35. The van der Waals surface area contributed by atoms with E-state index < -0.39 is 11.5 Å². The highest BCUT2D eigenvalue weighted by Crippen LogP contribution is 2.15. The van der Waals surface area contributed by atoms with Gasteiger partial charge in [0.2, 0.25) is 5.91 Å². The molecule has 1 amide bonds. The minimum atomic E-state index is -1.13. The van der Waals surface area contributed by atoms with Crippen LogP contribution in [0.15, 0.2) is 0 Å². The van der Waals surface area contributed by atoms with Crippen LogP contribution in [0, 0.1) is 0 Å². The van der Waals surface area contributed by atoms with E-state index in [-0.39, 0.29) is 12.3 Å². The largest absolute Gasteiger partial charge is 0.480 e. The molecule has 0 heterocycles. The van der Waals surface area contributed by atoms with Crippen LogP contribution in [0.3, 0.4) is 0 Å². The van der Waals surface area contributed by atoms with Crippen LogP contribution in [0.1, 0.15) is 33.1 Å². The molecule has 0 spiro atoms. The Hall–Kier alpha value is -1.10. The first-order chi connectivity index (χ1) is 7.02. The summed E-state index contributed by atoms with van der Waals surface area (Å²) in [6, 6.07) is 0. The van der Waals surface area contributed by atoms with Gasteiger partial charge in [0.05, 0.1) is 6.61 Å². The van der Waals surface area contributed by atoms with Gasteiger partial charge in [-0.25, -0.2) is 4.79 Å². The summed E-state index contributed by atoms with van der Waals surface area (Å²) in [7, 11) is 1.50. The number of carbonyl (C=O) groups is 2. The maximum absolute atomic E-state index is 11.4. The predicted molar refractivity (Wildman–Crippen MR) is 55.6 cm³/mol. The van der Waals surface area contributed by atoms with E-state index in [1.165, 1.54) is 7.11 Å². The van der Waals surface area contributed by atoms with Gasteiger partial charge in [-0.1, -0.05) is 13.8 Å². The number of hydrogen-bond donors (Lipinski definition) is 2. The number of carboxylic acid groups (broad SMARTS) is 1. The minimum Gasteiger partial charge on any atom is -0.480 e. The number of ether oxygens (including phenoxy) is 1. The average molecular weight is 217 g/mol. The SMILES string of the molecule is CCC(CC)(NC(=O)CCOC)C(=O)O. The zero-order chi connectivity index (χ0) is 11.9. The number of amides is 1.